The van der Waals surface area contributed by atoms with Crippen LogP contribution < -0.4 is 4.72 Å². The van der Waals surface area contributed by atoms with E-state index in [1.807, 2.05) is 6.07 Å². The third-order valence-electron chi connectivity index (χ3n) is 3.70. The first kappa shape index (κ1) is 13.2. The molecule has 2 N–H and O–H groups in total. The second-order valence-electron chi connectivity index (χ2n) is 5.17. The standard InChI is InChI=1S/C14H17N3O2S/c1-10-9-15-16-14(10)17-20(18,19)13-7-6-11-4-2-3-5-12(11)8-13/h6-9H,2-5H2,1H3,(H2,15,16,17). The smallest absolute Gasteiger partial charge is 0.263 e. The van der Waals surface area contributed by atoms with E-state index in [1.165, 1.54) is 12.0 Å². The van der Waals surface area contributed by atoms with Crippen LogP contribution in [0.4, 0.5) is 5.82 Å². The van der Waals surface area contributed by atoms with Gasteiger partial charge in [0.1, 0.15) is 5.82 Å². The second kappa shape index (κ2) is 4.94. The van der Waals surface area contributed by atoms with Crippen molar-refractivity contribution in [1.82, 2.24) is 10.2 Å². The highest BCUT2D eigenvalue weighted by molar-refractivity contribution is 7.92. The summed E-state index contributed by atoms with van der Waals surface area (Å²) in [4.78, 5) is 0.312. The van der Waals surface area contributed by atoms with E-state index >= 15 is 0 Å². The molecule has 1 heterocycles. The number of aromatic amines is 1. The van der Waals surface area contributed by atoms with Gasteiger partial charge in [0, 0.05) is 5.56 Å². The van der Waals surface area contributed by atoms with Gasteiger partial charge in [-0.25, -0.2) is 8.42 Å². The lowest BCUT2D eigenvalue weighted by Gasteiger charge is -2.16. The van der Waals surface area contributed by atoms with E-state index in [2.05, 4.69) is 14.9 Å². The lowest BCUT2D eigenvalue weighted by Crippen LogP contribution is -2.15. The van der Waals surface area contributed by atoms with Crippen LogP contribution in [0.5, 0.6) is 0 Å². The minimum absolute atomic E-state index is 0.312. The molecule has 0 atom stereocenters. The third-order valence-corrected chi connectivity index (χ3v) is 5.04. The number of anilines is 1. The van der Waals surface area contributed by atoms with Gasteiger partial charge in [-0.3, -0.25) is 9.82 Å². The van der Waals surface area contributed by atoms with Crippen molar-refractivity contribution in [3.63, 3.8) is 0 Å². The average Bonchev–Trinajstić information content (AvgIpc) is 2.83. The van der Waals surface area contributed by atoms with Gasteiger partial charge in [-0.15, -0.1) is 0 Å². The van der Waals surface area contributed by atoms with E-state index in [0.29, 0.717) is 10.7 Å². The molecular weight excluding hydrogens is 274 g/mol. The number of aryl methyl sites for hydroxylation is 3. The number of benzene rings is 1. The fourth-order valence-electron chi connectivity index (χ4n) is 2.52. The second-order valence-corrected chi connectivity index (χ2v) is 6.85. The van der Waals surface area contributed by atoms with Crippen LogP contribution >= 0.6 is 0 Å². The van der Waals surface area contributed by atoms with Gasteiger partial charge in [0.25, 0.3) is 10.0 Å². The minimum Gasteiger partial charge on any atom is -0.264 e. The van der Waals surface area contributed by atoms with E-state index in [9.17, 15) is 8.42 Å². The number of H-pyrrole nitrogens is 1. The highest BCUT2D eigenvalue weighted by Crippen LogP contribution is 2.25. The van der Waals surface area contributed by atoms with Crippen molar-refractivity contribution in [2.75, 3.05) is 4.72 Å². The molecule has 0 radical (unpaired) electrons. The molecule has 1 aliphatic rings. The van der Waals surface area contributed by atoms with Crippen molar-refractivity contribution in [3.05, 3.63) is 41.1 Å². The number of hydrogen-bond acceptors (Lipinski definition) is 3. The number of nitrogens with one attached hydrogen (secondary N) is 2. The van der Waals surface area contributed by atoms with Crippen molar-refractivity contribution < 1.29 is 8.42 Å². The molecule has 20 heavy (non-hydrogen) atoms. The number of fused-ring (bicyclic) bond motifs is 1. The Bertz CT molecular complexity index is 735. The van der Waals surface area contributed by atoms with Crippen LogP contribution in [0, 0.1) is 6.92 Å². The topological polar surface area (TPSA) is 74.8 Å². The quantitative estimate of drug-likeness (QED) is 0.911. The predicted octanol–water partition coefficient (Wildman–Crippen LogP) is 2.40. The van der Waals surface area contributed by atoms with Crippen LogP contribution in [-0.2, 0) is 22.9 Å². The van der Waals surface area contributed by atoms with E-state index in [-0.39, 0.29) is 0 Å². The normalized spacial score (nSPS) is 14.8. The summed E-state index contributed by atoms with van der Waals surface area (Å²) in [5, 5.41) is 6.47. The largest absolute Gasteiger partial charge is 0.264 e. The molecule has 1 aromatic carbocycles. The first-order chi connectivity index (χ1) is 9.56. The molecule has 106 valence electrons. The molecule has 0 spiro atoms. The summed E-state index contributed by atoms with van der Waals surface area (Å²) >= 11 is 0. The molecule has 0 amide bonds. The number of nitrogens with zero attached hydrogens (tertiary/aromatic N) is 1. The Morgan fingerprint density at radius 3 is 2.65 bits per heavy atom. The monoisotopic (exact) mass is 291 g/mol. The van der Waals surface area contributed by atoms with Crippen molar-refractivity contribution in [3.8, 4) is 0 Å². The van der Waals surface area contributed by atoms with E-state index < -0.39 is 10.0 Å². The minimum atomic E-state index is -3.56. The summed E-state index contributed by atoms with van der Waals surface area (Å²) in [6, 6.07) is 5.41. The van der Waals surface area contributed by atoms with Gasteiger partial charge in [0.05, 0.1) is 11.1 Å². The molecule has 1 aliphatic carbocycles. The SMILES string of the molecule is Cc1cn[nH]c1NS(=O)(=O)c1ccc2c(c1)CCCC2. The van der Waals surface area contributed by atoms with Crippen LogP contribution in [0.3, 0.4) is 0 Å². The summed E-state index contributed by atoms with van der Waals surface area (Å²) in [6.45, 7) is 1.80. The molecule has 0 saturated heterocycles. The maximum absolute atomic E-state index is 12.4. The molecule has 0 bridgehead atoms. The number of sulfonamides is 1. The Morgan fingerprint density at radius 2 is 1.95 bits per heavy atom. The van der Waals surface area contributed by atoms with Crippen LogP contribution in [0.1, 0.15) is 29.5 Å². The zero-order valence-electron chi connectivity index (χ0n) is 11.3. The molecule has 0 saturated carbocycles. The molecule has 6 heteroatoms. The van der Waals surface area contributed by atoms with Crippen LogP contribution in [0.2, 0.25) is 0 Å². The Morgan fingerprint density at radius 1 is 1.20 bits per heavy atom. The lowest BCUT2D eigenvalue weighted by atomic mass is 9.92. The molecule has 5 nitrogen and oxygen atoms in total. The molecule has 0 unspecified atom stereocenters. The van der Waals surface area contributed by atoms with E-state index in [4.69, 9.17) is 0 Å². The number of hydrogen-bond donors (Lipinski definition) is 2. The highest BCUT2D eigenvalue weighted by Gasteiger charge is 2.19. The van der Waals surface area contributed by atoms with Gasteiger partial charge in [-0.2, -0.15) is 5.10 Å². The maximum atomic E-state index is 12.4. The van der Waals surface area contributed by atoms with Crippen LogP contribution in [0.15, 0.2) is 29.3 Å². The van der Waals surface area contributed by atoms with E-state index in [1.54, 1.807) is 25.3 Å². The van der Waals surface area contributed by atoms with Gasteiger partial charge in [0.2, 0.25) is 0 Å². The fourth-order valence-corrected chi connectivity index (χ4v) is 3.66. The van der Waals surface area contributed by atoms with Gasteiger partial charge in [-0.05, 0) is 55.9 Å². The van der Waals surface area contributed by atoms with Crippen molar-refractivity contribution in [1.29, 1.82) is 0 Å². The molecule has 1 aromatic heterocycles. The molecule has 0 fully saturated rings. The number of rotatable bonds is 3. The number of aromatic nitrogens is 2. The van der Waals surface area contributed by atoms with Crippen molar-refractivity contribution >= 4 is 15.8 Å². The highest BCUT2D eigenvalue weighted by atomic mass is 32.2. The molecule has 0 aliphatic heterocycles. The Kier molecular flexibility index (Phi) is 3.25. The van der Waals surface area contributed by atoms with Gasteiger partial charge < -0.3 is 0 Å². The summed E-state index contributed by atoms with van der Waals surface area (Å²) in [6.07, 6.45) is 5.91. The first-order valence-electron chi connectivity index (χ1n) is 6.71. The van der Waals surface area contributed by atoms with Gasteiger partial charge in [-0.1, -0.05) is 6.07 Å². The van der Waals surface area contributed by atoms with Crippen LogP contribution in [-0.4, -0.2) is 18.6 Å². The zero-order valence-corrected chi connectivity index (χ0v) is 12.1. The van der Waals surface area contributed by atoms with Crippen LogP contribution in [0.25, 0.3) is 0 Å². The molecule has 2 aromatic rings. The summed E-state index contributed by atoms with van der Waals surface area (Å²) in [5.74, 6) is 0.419. The van der Waals surface area contributed by atoms with Crippen molar-refractivity contribution in [2.24, 2.45) is 0 Å². The molecular formula is C14H17N3O2S. The zero-order chi connectivity index (χ0) is 14.2. The Balaban J connectivity index is 1.93. The fraction of sp³-hybridized carbons (Fsp3) is 0.357. The van der Waals surface area contributed by atoms with Crippen molar-refractivity contribution in [2.45, 2.75) is 37.5 Å². The van der Waals surface area contributed by atoms with Gasteiger partial charge in [0.15, 0.2) is 0 Å². The third kappa shape index (κ3) is 2.43. The maximum Gasteiger partial charge on any atom is 0.263 e. The molecule has 3 rings (SSSR count). The summed E-state index contributed by atoms with van der Waals surface area (Å²) < 4.78 is 27.3. The Hall–Kier alpha value is -1.82. The summed E-state index contributed by atoms with van der Waals surface area (Å²) in [5.41, 5.74) is 3.19. The lowest BCUT2D eigenvalue weighted by molar-refractivity contribution is 0.600. The average molecular weight is 291 g/mol. The summed E-state index contributed by atoms with van der Waals surface area (Å²) in [7, 11) is -3.56. The van der Waals surface area contributed by atoms with Gasteiger partial charge >= 0.3 is 0 Å². The predicted molar refractivity (Wildman–Crippen MR) is 77.2 cm³/mol. The Labute approximate surface area is 118 Å². The first-order valence-corrected chi connectivity index (χ1v) is 8.19. The van der Waals surface area contributed by atoms with E-state index in [0.717, 1.165) is 30.4 Å².